The van der Waals surface area contributed by atoms with Crippen molar-refractivity contribution in [1.29, 1.82) is 0 Å². The van der Waals surface area contributed by atoms with E-state index in [1.165, 1.54) is 11.3 Å². The van der Waals surface area contributed by atoms with Gasteiger partial charge in [-0.3, -0.25) is 4.79 Å². The Bertz CT molecular complexity index is 1230. The monoisotopic (exact) mass is 412 g/mol. The Kier molecular flexibility index (Phi) is 5.96. The number of amides is 1. The van der Waals surface area contributed by atoms with Crippen LogP contribution < -0.4 is 10.1 Å². The number of anilines is 1. The molecule has 0 aliphatic rings. The molecule has 0 saturated carbocycles. The maximum Gasteiger partial charge on any atom is 0.256 e. The summed E-state index contributed by atoms with van der Waals surface area (Å²) in [7, 11) is 1.92. The first-order chi connectivity index (χ1) is 14.7. The third kappa shape index (κ3) is 4.45. The quantitative estimate of drug-likeness (QED) is 0.366. The zero-order valence-electron chi connectivity index (χ0n) is 16.4. The topological polar surface area (TPSA) is 58.8 Å². The number of hydrogen-bond acceptors (Lipinski definition) is 4. The molecule has 5 nitrogen and oxygen atoms in total. The van der Waals surface area contributed by atoms with Crippen LogP contribution in [0, 0.1) is 0 Å². The number of hydrogen-bond donors (Lipinski definition) is 1. The Morgan fingerprint density at radius 3 is 2.17 bits per heavy atom. The molecule has 0 unspecified atom stereocenters. The van der Waals surface area contributed by atoms with E-state index >= 15 is 0 Å². The van der Waals surface area contributed by atoms with Gasteiger partial charge in [-0.2, -0.15) is 5.10 Å². The number of nitrogens with one attached hydrogen (secondary N) is 1. The van der Waals surface area contributed by atoms with Gasteiger partial charge in [0.05, 0.1) is 11.9 Å². The van der Waals surface area contributed by atoms with Gasteiger partial charge in [0.15, 0.2) is 0 Å². The largest absolute Gasteiger partial charge is 0.316 e. The van der Waals surface area contributed by atoms with Gasteiger partial charge in [0, 0.05) is 18.2 Å². The Hall–Kier alpha value is -3.77. The number of benzene rings is 3. The summed E-state index contributed by atoms with van der Waals surface area (Å²) in [6.45, 7) is 0. The summed E-state index contributed by atoms with van der Waals surface area (Å²) in [6.07, 6.45) is 1.71. The number of carbonyl (C=O) groups is 1. The van der Waals surface area contributed by atoms with Crippen LogP contribution in [0.3, 0.4) is 0 Å². The average molecular weight is 413 g/mol. The van der Waals surface area contributed by atoms with Gasteiger partial charge in [0.2, 0.25) is 4.80 Å². The fourth-order valence-corrected chi connectivity index (χ4v) is 3.99. The van der Waals surface area contributed by atoms with Crippen molar-refractivity contribution < 1.29 is 4.79 Å². The number of carbonyl (C=O) groups excluding carboxylic acids is 1. The van der Waals surface area contributed by atoms with Crippen LogP contribution in [0.2, 0.25) is 0 Å². The molecule has 1 N–H and O–H groups in total. The van der Waals surface area contributed by atoms with Crippen LogP contribution >= 0.6 is 11.3 Å². The van der Waals surface area contributed by atoms with E-state index in [0.717, 1.165) is 21.8 Å². The van der Waals surface area contributed by atoms with Gasteiger partial charge in [-0.25, -0.2) is 0 Å². The normalized spacial score (nSPS) is 11.7. The molecule has 1 aromatic heterocycles. The average Bonchev–Trinajstić information content (AvgIpc) is 3.10. The molecule has 0 aliphatic heterocycles. The lowest BCUT2D eigenvalue weighted by atomic mass is 10.1. The lowest BCUT2D eigenvalue weighted by Crippen LogP contribution is -2.12. The smallest absolute Gasteiger partial charge is 0.256 e. The predicted molar refractivity (Wildman–Crippen MR) is 123 cm³/mol. The summed E-state index contributed by atoms with van der Waals surface area (Å²) in [4.78, 5) is 13.4. The SMILES string of the molecule is Cn1c(-c2ccccc2)c(NC(=O)c2ccccc2)s/c1=N/N=C/c1ccccc1. The molecule has 0 saturated heterocycles. The Balaban J connectivity index is 1.73. The third-order valence-electron chi connectivity index (χ3n) is 4.49. The Labute approximate surface area is 178 Å². The van der Waals surface area contributed by atoms with Crippen LogP contribution in [-0.2, 0) is 7.05 Å². The standard InChI is InChI=1S/C24H20N4OS/c1-28-21(19-13-7-3-8-14-19)23(26-22(29)20-15-9-4-10-16-20)30-24(28)27-25-17-18-11-5-2-6-12-18/h2-17H,1H3,(H,26,29)/b25-17+,27-24+. The van der Waals surface area contributed by atoms with E-state index in [2.05, 4.69) is 15.5 Å². The number of rotatable bonds is 5. The fourth-order valence-electron chi connectivity index (χ4n) is 3.00. The maximum absolute atomic E-state index is 12.7. The fraction of sp³-hybridized carbons (Fsp3) is 0.0417. The molecule has 30 heavy (non-hydrogen) atoms. The molecule has 4 aromatic rings. The molecule has 3 aromatic carbocycles. The van der Waals surface area contributed by atoms with Gasteiger partial charge in [-0.15, -0.1) is 5.10 Å². The molecular weight excluding hydrogens is 392 g/mol. The minimum absolute atomic E-state index is 0.158. The van der Waals surface area contributed by atoms with Gasteiger partial charge in [0.1, 0.15) is 5.00 Å². The highest BCUT2D eigenvalue weighted by atomic mass is 32.1. The van der Waals surface area contributed by atoms with Crippen LogP contribution in [0.25, 0.3) is 11.3 Å². The number of thiazole rings is 1. The van der Waals surface area contributed by atoms with Gasteiger partial charge < -0.3 is 9.88 Å². The third-order valence-corrected chi connectivity index (χ3v) is 5.53. The van der Waals surface area contributed by atoms with E-state index in [1.807, 2.05) is 90.5 Å². The van der Waals surface area contributed by atoms with Crippen LogP contribution in [0.1, 0.15) is 15.9 Å². The molecule has 0 fully saturated rings. The molecule has 6 heteroatoms. The Morgan fingerprint density at radius 1 is 0.900 bits per heavy atom. The van der Waals surface area contributed by atoms with E-state index in [0.29, 0.717) is 10.4 Å². The highest BCUT2D eigenvalue weighted by Gasteiger charge is 2.16. The van der Waals surface area contributed by atoms with Crippen molar-refractivity contribution in [3.05, 3.63) is 107 Å². The van der Waals surface area contributed by atoms with Crippen LogP contribution in [0.15, 0.2) is 101 Å². The zero-order valence-corrected chi connectivity index (χ0v) is 17.2. The first-order valence-corrected chi connectivity index (χ1v) is 10.3. The van der Waals surface area contributed by atoms with Gasteiger partial charge in [-0.1, -0.05) is 90.2 Å². The highest BCUT2D eigenvalue weighted by Crippen LogP contribution is 2.30. The zero-order chi connectivity index (χ0) is 20.8. The van der Waals surface area contributed by atoms with E-state index in [1.54, 1.807) is 18.3 Å². The first kappa shape index (κ1) is 19.5. The second-order valence-electron chi connectivity index (χ2n) is 6.56. The van der Waals surface area contributed by atoms with E-state index < -0.39 is 0 Å². The molecule has 1 heterocycles. The summed E-state index contributed by atoms with van der Waals surface area (Å²) in [5, 5.41) is 12.4. The van der Waals surface area contributed by atoms with Crippen molar-refractivity contribution >= 4 is 28.5 Å². The van der Waals surface area contributed by atoms with E-state index in [-0.39, 0.29) is 5.91 Å². The van der Waals surface area contributed by atoms with E-state index in [4.69, 9.17) is 0 Å². The molecule has 4 rings (SSSR count). The molecule has 0 spiro atoms. The van der Waals surface area contributed by atoms with Crippen LogP contribution in [0.4, 0.5) is 5.00 Å². The second-order valence-corrected chi connectivity index (χ2v) is 7.54. The molecule has 0 atom stereocenters. The van der Waals surface area contributed by atoms with Crippen molar-refractivity contribution in [2.75, 3.05) is 5.32 Å². The van der Waals surface area contributed by atoms with Crippen LogP contribution in [0.5, 0.6) is 0 Å². The second kappa shape index (κ2) is 9.15. The molecular formula is C24H20N4OS. The lowest BCUT2D eigenvalue weighted by molar-refractivity contribution is 0.102. The van der Waals surface area contributed by atoms with Crippen molar-refractivity contribution in [1.82, 2.24) is 4.57 Å². The van der Waals surface area contributed by atoms with Gasteiger partial charge >= 0.3 is 0 Å². The first-order valence-electron chi connectivity index (χ1n) is 9.46. The van der Waals surface area contributed by atoms with Crippen molar-refractivity contribution in [3.8, 4) is 11.3 Å². The molecule has 1 amide bonds. The summed E-state index contributed by atoms with van der Waals surface area (Å²) in [6, 6.07) is 28.9. The predicted octanol–water partition coefficient (Wildman–Crippen LogP) is 4.94. The number of aromatic nitrogens is 1. The van der Waals surface area contributed by atoms with Crippen molar-refractivity contribution in [2.45, 2.75) is 0 Å². The summed E-state index contributed by atoms with van der Waals surface area (Å²) >= 11 is 1.39. The summed E-state index contributed by atoms with van der Waals surface area (Å²) in [5.41, 5.74) is 3.46. The molecule has 0 bridgehead atoms. The molecule has 148 valence electrons. The highest BCUT2D eigenvalue weighted by molar-refractivity contribution is 7.14. The maximum atomic E-state index is 12.7. The summed E-state index contributed by atoms with van der Waals surface area (Å²) < 4.78 is 1.95. The minimum atomic E-state index is -0.158. The summed E-state index contributed by atoms with van der Waals surface area (Å²) in [5.74, 6) is -0.158. The lowest BCUT2D eigenvalue weighted by Gasteiger charge is -2.08. The van der Waals surface area contributed by atoms with Gasteiger partial charge in [-0.05, 0) is 17.7 Å². The van der Waals surface area contributed by atoms with Crippen LogP contribution in [-0.4, -0.2) is 16.7 Å². The molecule has 0 radical (unpaired) electrons. The van der Waals surface area contributed by atoms with Crippen molar-refractivity contribution in [2.24, 2.45) is 17.3 Å². The van der Waals surface area contributed by atoms with Crippen molar-refractivity contribution in [3.63, 3.8) is 0 Å². The minimum Gasteiger partial charge on any atom is -0.316 e. The Morgan fingerprint density at radius 2 is 1.50 bits per heavy atom. The number of nitrogens with zero attached hydrogens (tertiary/aromatic N) is 3. The van der Waals surface area contributed by atoms with Gasteiger partial charge in [0.25, 0.3) is 5.91 Å². The molecule has 0 aliphatic carbocycles. The van der Waals surface area contributed by atoms with E-state index in [9.17, 15) is 4.79 Å².